The lowest BCUT2D eigenvalue weighted by Gasteiger charge is -2.15. The molecule has 0 radical (unpaired) electrons. The monoisotopic (exact) mass is 276 g/mol. The summed E-state index contributed by atoms with van der Waals surface area (Å²) < 4.78 is 0. The summed E-state index contributed by atoms with van der Waals surface area (Å²) in [6.45, 7) is 3.27. The number of hydrogen-bond acceptors (Lipinski definition) is 3. The Hall–Kier alpha value is -2.08. The molecule has 108 valence electrons. The fourth-order valence-corrected chi connectivity index (χ4v) is 2.04. The van der Waals surface area contributed by atoms with E-state index < -0.39 is 0 Å². The minimum atomic E-state index is -0.109. The minimum absolute atomic E-state index is 0.0873. The first-order chi connectivity index (χ1) is 9.60. The Morgan fingerprint density at radius 3 is 2.70 bits per heavy atom. The zero-order valence-corrected chi connectivity index (χ0v) is 11.6. The second-order valence-electron chi connectivity index (χ2n) is 4.85. The molecule has 1 aromatic rings. The summed E-state index contributed by atoms with van der Waals surface area (Å²) in [5.41, 5.74) is 7.27. The van der Waals surface area contributed by atoms with E-state index in [1.54, 1.807) is 17.0 Å². The van der Waals surface area contributed by atoms with Crippen LogP contribution in [0.1, 0.15) is 19.8 Å². The molecular weight excluding hydrogens is 256 g/mol. The van der Waals surface area contributed by atoms with Crippen LogP contribution in [0.2, 0.25) is 0 Å². The fourth-order valence-electron chi connectivity index (χ4n) is 2.04. The molecule has 1 unspecified atom stereocenters. The first-order valence-electron chi connectivity index (χ1n) is 6.81. The van der Waals surface area contributed by atoms with Crippen molar-refractivity contribution in [1.29, 1.82) is 0 Å². The van der Waals surface area contributed by atoms with Crippen LogP contribution in [0, 0.1) is 0 Å². The standard InChI is InChI=1S/C14H20N4O2/c1-2-10(15)9-13(19)17-11-3-5-12(6-4-11)18-8-7-16-14(18)20/h3-6,10H,2,7-9,15H2,1H3,(H,16,20)(H,17,19). The number of benzene rings is 1. The lowest BCUT2D eigenvalue weighted by Crippen LogP contribution is -2.27. The highest BCUT2D eigenvalue weighted by Crippen LogP contribution is 2.19. The second-order valence-corrected chi connectivity index (χ2v) is 4.85. The van der Waals surface area contributed by atoms with Crippen molar-refractivity contribution in [3.8, 4) is 0 Å². The molecule has 1 aromatic carbocycles. The third kappa shape index (κ3) is 3.48. The van der Waals surface area contributed by atoms with Gasteiger partial charge in [-0.15, -0.1) is 0 Å². The van der Waals surface area contributed by atoms with E-state index in [2.05, 4.69) is 10.6 Å². The fraction of sp³-hybridized carbons (Fsp3) is 0.429. The molecule has 1 aliphatic heterocycles. The van der Waals surface area contributed by atoms with Crippen LogP contribution in [0.25, 0.3) is 0 Å². The molecule has 1 atom stereocenters. The van der Waals surface area contributed by atoms with Crippen molar-refractivity contribution in [2.24, 2.45) is 5.73 Å². The normalized spacial score (nSPS) is 15.9. The molecule has 6 heteroatoms. The predicted molar refractivity (Wildman–Crippen MR) is 78.7 cm³/mol. The van der Waals surface area contributed by atoms with Crippen LogP contribution in [0.5, 0.6) is 0 Å². The van der Waals surface area contributed by atoms with Crippen LogP contribution < -0.4 is 21.3 Å². The number of carbonyl (C=O) groups excluding carboxylic acids is 2. The molecule has 0 saturated carbocycles. The van der Waals surface area contributed by atoms with Crippen molar-refractivity contribution < 1.29 is 9.59 Å². The van der Waals surface area contributed by atoms with E-state index in [0.717, 1.165) is 12.1 Å². The molecule has 6 nitrogen and oxygen atoms in total. The van der Waals surface area contributed by atoms with Gasteiger partial charge in [0.1, 0.15) is 0 Å². The van der Waals surface area contributed by atoms with Gasteiger partial charge in [0, 0.05) is 36.9 Å². The minimum Gasteiger partial charge on any atom is -0.336 e. The first kappa shape index (κ1) is 14.3. The molecule has 0 bridgehead atoms. The zero-order valence-electron chi connectivity index (χ0n) is 11.6. The van der Waals surface area contributed by atoms with Gasteiger partial charge in [-0.2, -0.15) is 0 Å². The van der Waals surface area contributed by atoms with Crippen LogP contribution in [0.15, 0.2) is 24.3 Å². The number of amides is 3. The number of carbonyl (C=O) groups is 2. The third-order valence-electron chi connectivity index (χ3n) is 3.29. The molecule has 1 aliphatic rings. The molecule has 20 heavy (non-hydrogen) atoms. The summed E-state index contributed by atoms with van der Waals surface area (Å²) in [7, 11) is 0. The van der Waals surface area contributed by atoms with Gasteiger partial charge in [-0.3, -0.25) is 9.69 Å². The summed E-state index contributed by atoms with van der Waals surface area (Å²) in [5.74, 6) is -0.0917. The highest BCUT2D eigenvalue weighted by atomic mass is 16.2. The Labute approximate surface area is 118 Å². The van der Waals surface area contributed by atoms with E-state index in [1.165, 1.54) is 0 Å². The molecule has 1 saturated heterocycles. The largest absolute Gasteiger partial charge is 0.336 e. The average Bonchev–Trinajstić information content (AvgIpc) is 2.85. The van der Waals surface area contributed by atoms with E-state index >= 15 is 0 Å². The smallest absolute Gasteiger partial charge is 0.321 e. The Morgan fingerprint density at radius 1 is 1.45 bits per heavy atom. The average molecular weight is 276 g/mol. The van der Waals surface area contributed by atoms with E-state index in [4.69, 9.17) is 5.73 Å². The number of nitrogens with one attached hydrogen (secondary N) is 2. The van der Waals surface area contributed by atoms with Gasteiger partial charge in [0.2, 0.25) is 5.91 Å². The Kier molecular flexibility index (Phi) is 4.57. The summed E-state index contributed by atoms with van der Waals surface area (Å²) in [4.78, 5) is 24.9. The van der Waals surface area contributed by atoms with E-state index in [1.807, 2.05) is 19.1 Å². The number of rotatable bonds is 5. The van der Waals surface area contributed by atoms with E-state index in [0.29, 0.717) is 25.2 Å². The lowest BCUT2D eigenvalue weighted by molar-refractivity contribution is -0.116. The third-order valence-corrected chi connectivity index (χ3v) is 3.29. The first-order valence-corrected chi connectivity index (χ1v) is 6.81. The van der Waals surface area contributed by atoms with Crippen LogP contribution >= 0.6 is 0 Å². The molecule has 1 fully saturated rings. The van der Waals surface area contributed by atoms with Gasteiger partial charge in [0.25, 0.3) is 0 Å². The van der Waals surface area contributed by atoms with Crippen molar-refractivity contribution in [2.45, 2.75) is 25.8 Å². The Balaban J connectivity index is 1.94. The maximum atomic E-state index is 11.7. The van der Waals surface area contributed by atoms with Gasteiger partial charge in [0.15, 0.2) is 0 Å². The van der Waals surface area contributed by atoms with Crippen molar-refractivity contribution >= 4 is 23.3 Å². The lowest BCUT2D eigenvalue weighted by atomic mass is 10.1. The van der Waals surface area contributed by atoms with Gasteiger partial charge in [-0.05, 0) is 30.7 Å². The molecular formula is C14H20N4O2. The predicted octanol–water partition coefficient (Wildman–Crippen LogP) is 1.28. The second kappa shape index (κ2) is 6.38. The molecule has 2 rings (SSSR count). The van der Waals surface area contributed by atoms with Gasteiger partial charge >= 0.3 is 6.03 Å². The Bertz CT molecular complexity index is 486. The van der Waals surface area contributed by atoms with E-state index in [-0.39, 0.29) is 18.0 Å². The van der Waals surface area contributed by atoms with Crippen LogP contribution in [0.3, 0.4) is 0 Å². The SMILES string of the molecule is CCC(N)CC(=O)Nc1ccc(N2CCNC2=O)cc1. The van der Waals surface area contributed by atoms with Crippen LogP contribution in [-0.2, 0) is 4.79 Å². The summed E-state index contributed by atoms with van der Waals surface area (Å²) in [5, 5.41) is 5.54. The molecule has 0 aliphatic carbocycles. The summed E-state index contributed by atoms with van der Waals surface area (Å²) in [6.07, 6.45) is 1.09. The quantitative estimate of drug-likeness (QED) is 0.757. The zero-order chi connectivity index (χ0) is 14.5. The molecule has 4 N–H and O–H groups in total. The molecule has 0 spiro atoms. The van der Waals surface area contributed by atoms with Gasteiger partial charge in [0.05, 0.1) is 0 Å². The number of hydrogen-bond donors (Lipinski definition) is 3. The summed E-state index contributed by atoms with van der Waals surface area (Å²) in [6, 6.07) is 7.02. The van der Waals surface area contributed by atoms with Crippen molar-refractivity contribution in [3.63, 3.8) is 0 Å². The van der Waals surface area contributed by atoms with Crippen molar-refractivity contribution in [1.82, 2.24) is 5.32 Å². The van der Waals surface area contributed by atoms with Gasteiger partial charge < -0.3 is 16.4 Å². The van der Waals surface area contributed by atoms with Gasteiger partial charge in [-0.1, -0.05) is 6.92 Å². The highest BCUT2D eigenvalue weighted by molar-refractivity contribution is 5.95. The van der Waals surface area contributed by atoms with Crippen molar-refractivity contribution in [3.05, 3.63) is 24.3 Å². The van der Waals surface area contributed by atoms with Crippen LogP contribution in [0.4, 0.5) is 16.2 Å². The van der Waals surface area contributed by atoms with Gasteiger partial charge in [-0.25, -0.2) is 4.79 Å². The van der Waals surface area contributed by atoms with Crippen molar-refractivity contribution in [2.75, 3.05) is 23.3 Å². The maximum Gasteiger partial charge on any atom is 0.321 e. The molecule has 1 heterocycles. The number of nitrogens with zero attached hydrogens (tertiary/aromatic N) is 1. The van der Waals surface area contributed by atoms with Crippen LogP contribution in [-0.4, -0.2) is 31.1 Å². The maximum absolute atomic E-state index is 11.7. The van der Waals surface area contributed by atoms with E-state index in [9.17, 15) is 9.59 Å². The Morgan fingerprint density at radius 2 is 2.15 bits per heavy atom. The highest BCUT2D eigenvalue weighted by Gasteiger charge is 2.20. The summed E-state index contributed by atoms with van der Waals surface area (Å²) >= 11 is 0. The molecule has 3 amide bonds. The number of nitrogens with two attached hydrogens (primary N) is 1. The topological polar surface area (TPSA) is 87.5 Å². The number of anilines is 2. The molecule has 0 aromatic heterocycles. The number of urea groups is 1.